The summed E-state index contributed by atoms with van der Waals surface area (Å²) in [5.41, 5.74) is 0.703. The second kappa shape index (κ2) is 6.88. The molecule has 1 aromatic carbocycles. The molecular weight excluding hydrogens is 330 g/mol. The van der Waals surface area contributed by atoms with Crippen LogP contribution < -0.4 is 0 Å². The second-order valence-corrected chi connectivity index (χ2v) is 7.32. The third-order valence-electron chi connectivity index (χ3n) is 4.53. The molecule has 1 fully saturated rings. The van der Waals surface area contributed by atoms with Crippen LogP contribution in [-0.2, 0) is 20.5 Å². The van der Waals surface area contributed by atoms with E-state index in [0.717, 1.165) is 0 Å². The fourth-order valence-electron chi connectivity index (χ4n) is 2.41. The van der Waals surface area contributed by atoms with E-state index in [9.17, 15) is 9.90 Å². The molecule has 2 N–H and O–H groups in total. The summed E-state index contributed by atoms with van der Waals surface area (Å²) in [7, 11) is -0.698. The number of carbonyl (C=O) groups is 1. The summed E-state index contributed by atoms with van der Waals surface area (Å²) < 4.78 is 11.9. The predicted octanol–water partition coefficient (Wildman–Crippen LogP) is 2.97. The number of carboxylic acid groups (broad SMARTS) is 1. The van der Waals surface area contributed by atoms with Gasteiger partial charge >= 0.3 is 13.1 Å². The zero-order chi connectivity index (χ0) is 18.1. The largest absolute Gasteiger partial charge is 0.492 e. The van der Waals surface area contributed by atoms with Crippen LogP contribution >= 0.6 is 11.6 Å². The van der Waals surface area contributed by atoms with Gasteiger partial charge in [-0.3, -0.25) is 4.79 Å². The molecule has 0 saturated carbocycles. The molecule has 1 aromatic rings. The smallest absolute Gasteiger partial charge is 0.481 e. The van der Waals surface area contributed by atoms with Crippen molar-refractivity contribution in [3.05, 3.63) is 39.8 Å². The lowest BCUT2D eigenvalue weighted by molar-refractivity contribution is -0.136. The minimum Gasteiger partial charge on any atom is -0.481 e. The minimum absolute atomic E-state index is 0.134. The summed E-state index contributed by atoms with van der Waals surface area (Å²) in [6, 6.07) is 4.98. The summed E-state index contributed by atoms with van der Waals surface area (Å²) in [5, 5.41) is 19.3. The van der Waals surface area contributed by atoms with Crippen molar-refractivity contribution in [1.29, 1.82) is 0 Å². The quantitative estimate of drug-likeness (QED) is 0.797. The van der Waals surface area contributed by atoms with Crippen molar-refractivity contribution in [3.8, 4) is 0 Å². The molecule has 0 aromatic heterocycles. The Morgan fingerprint density at radius 3 is 2.33 bits per heavy atom. The van der Waals surface area contributed by atoms with Gasteiger partial charge in [-0.25, -0.2) is 0 Å². The second-order valence-electron chi connectivity index (χ2n) is 6.88. The summed E-state index contributed by atoms with van der Waals surface area (Å²) in [6.07, 6.45) is 1.55. The van der Waals surface area contributed by atoms with Gasteiger partial charge in [0.15, 0.2) is 0 Å². The maximum atomic E-state index is 11.0. The Balaban J connectivity index is 2.38. The summed E-state index contributed by atoms with van der Waals surface area (Å²) >= 11 is 6.03. The number of aliphatic hydroxyl groups is 1. The van der Waals surface area contributed by atoms with Gasteiger partial charge in [0.25, 0.3) is 0 Å². The fourth-order valence-corrected chi connectivity index (χ4v) is 2.59. The van der Waals surface area contributed by atoms with Gasteiger partial charge in [0.2, 0.25) is 0 Å². The average molecular weight is 353 g/mol. The lowest BCUT2D eigenvalue weighted by Gasteiger charge is -2.32. The SMILES string of the molecule is CC1(C)OB(C(=Cc2cc(Cl)ccc2CC(=O)O)CO)OC1(C)C. The van der Waals surface area contributed by atoms with Crippen LogP contribution in [0.15, 0.2) is 23.7 Å². The molecule has 7 heteroatoms. The van der Waals surface area contributed by atoms with Crippen LogP contribution in [0.3, 0.4) is 0 Å². The third kappa shape index (κ3) is 4.01. The highest BCUT2D eigenvalue weighted by molar-refractivity contribution is 6.55. The van der Waals surface area contributed by atoms with Crippen molar-refractivity contribution < 1.29 is 24.3 Å². The molecule has 0 bridgehead atoms. The van der Waals surface area contributed by atoms with Crippen LogP contribution in [0.25, 0.3) is 6.08 Å². The van der Waals surface area contributed by atoms with Crippen LogP contribution in [0.4, 0.5) is 0 Å². The average Bonchev–Trinajstić information content (AvgIpc) is 2.66. The monoisotopic (exact) mass is 352 g/mol. The maximum absolute atomic E-state index is 11.0. The van der Waals surface area contributed by atoms with Crippen molar-refractivity contribution in [2.75, 3.05) is 6.61 Å². The molecule has 0 unspecified atom stereocenters. The Morgan fingerprint density at radius 1 is 1.25 bits per heavy atom. The first-order valence-corrected chi connectivity index (χ1v) is 8.11. The van der Waals surface area contributed by atoms with Crippen LogP contribution in [0.5, 0.6) is 0 Å². The molecule has 1 aliphatic rings. The van der Waals surface area contributed by atoms with Gasteiger partial charge in [-0.1, -0.05) is 23.7 Å². The van der Waals surface area contributed by atoms with Gasteiger partial charge in [0, 0.05) is 5.02 Å². The third-order valence-corrected chi connectivity index (χ3v) is 4.76. The van der Waals surface area contributed by atoms with E-state index in [1.165, 1.54) is 0 Å². The molecule has 5 nitrogen and oxygen atoms in total. The van der Waals surface area contributed by atoms with E-state index in [-0.39, 0.29) is 13.0 Å². The molecule has 1 heterocycles. The van der Waals surface area contributed by atoms with Gasteiger partial charge in [0.1, 0.15) is 0 Å². The molecule has 1 saturated heterocycles. The van der Waals surface area contributed by atoms with Crippen molar-refractivity contribution in [1.82, 2.24) is 0 Å². The molecule has 0 amide bonds. The zero-order valence-corrected chi connectivity index (χ0v) is 15.1. The topological polar surface area (TPSA) is 76.0 Å². The lowest BCUT2D eigenvalue weighted by Crippen LogP contribution is -2.41. The minimum atomic E-state index is -0.937. The Bertz CT molecular complexity index is 653. The van der Waals surface area contributed by atoms with Crippen LogP contribution in [0.1, 0.15) is 38.8 Å². The number of aliphatic carboxylic acids is 1. The Morgan fingerprint density at radius 2 is 1.83 bits per heavy atom. The molecule has 130 valence electrons. The van der Waals surface area contributed by atoms with Gasteiger partial charge in [-0.2, -0.15) is 0 Å². The van der Waals surface area contributed by atoms with Crippen molar-refractivity contribution in [2.24, 2.45) is 0 Å². The first-order chi connectivity index (χ1) is 11.1. The zero-order valence-electron chi connectivity index (χ0n) is 14.3. The number of aliphatic hydroxyl groups excluding tert-OH is 1. The van der Waals surface area contributed by atoms with E-state index in [2.05, 4.69) is 0 Å². The van der Waals surface area contributed by atoms with E-state index in [1.807, 2.05) is 27.7 Å². The van der Waals surface area contributed by atoms with Crippen LogP contribution in [0, 0.1) is 0 Å². The summed E-state index contributed by atoms with van der Waals surface area (Å²) in [5.74, 6) is -0.937. The van der Waals surface area contributed by atoms with Crippen LogP contribution in [0.2, 0.25) is 5.02 Å². The van der Waals surface area contributed by atoms with E-state index in [4.69, 9.17) is 26.0 Å². The van der Waals surface area contributed by atoms with Crippen molar-refractivity contribution in [2.45, 2.75) is 45.3 Å². The highest BCUT2D eigenvalue weighted by Gasteiger charge is 2.52. The fraction of sp³-hybridized carbons (Fsp3) is 0.471. The molecule has 0 aliphatic carbocycles. The van der Waals surface area contributed by atoms with Gasteiger partial charge < -0.3 is 19.5 Å². The Kier molecular flexibility index (Phi) is 5.45. The Labute approximate surface area is 147 Å². The standard InChI is InChI=1S/C17H22BClO5/c1-16(2)17(3,4)24-18(23-16)13(10-20)7-12-8-14(19)6-5-11(12)9-15(21)22/h5-8,20H,9-10H2,1-4H3,(H,21,22). The first-order valence-electron chi connectivity index (χ1n) is 7.73. The number of carboxylic acids is 1. The summed E-state index contributed by atoms with van der Waals surface area (Å²) in [6.45, 7) is 7.44. The number of halogens is 1. The molecule has 0 radical (unpaired) electrons. The number of hydrogen-bond acceptors (Lipinski definition) is 4. The van der Waals surface area contributed by atoms with Gasteiger partial charge in [-0.15, -0.1) is 0 Å². The number of rotatable bonds is 5. The molecule has 0 atom stereocenters. The predicted molar refractivity (Wildman–Crippen MR) is 93.9 cm³/mol. The normalized spacial score (nSPS) is 19.6. The highest BCUT2D eigenvalue weighted by Crippen LogP contribution is 2.38. The van der Waals surface area contributed by atoms with E-state index in [1.54, 1.807) is 24.3 Å². The van der Waals surface area contributed by atoms with Crippen LogP contribution in [-0.4, -0.2) is 41.1 Å². The molecule has 0 spiro atoms. The van der Waals surface area contributed by atoms with Gasteiger partial charge in [-0.05, 0) is 56.4 Å². The van der Waals surface area contributed by atoms with Gasteiger partial charge in [0.05, 0.1) is 24.2 Å². The highest BCUT2D eigenvalue weighted by atomic mass is 35.5. The number of benzene rings is 1. The first kappa shape index (κ1) is 19.0. The lowest BCUT2D eigenvalue weighted by atomic mass is 9.77. The maximum Gasteiger partial charge on any atom is 0.492 e. The Hall–Kier alpha value is -1.34. The molecule has 24 heavy (non-hydrogen) atoms. The molecule has 2 rings (SSSR count). The van der Waals surface area contributed by atoms with E-state index < -0.39 is 24.3 Å². The van der Waals surface area contributed by atoms with Crippen molar-refractivity contribution >= 4 is 30.8 Å². The molecule has 1 aliphatic heterocycles. The van der Waals surface area contributed by atoms with E-state index >= 15 is 0 Å². The summed E-state index contributed by atoms with van der Waals surface area (Å²) in [4.78, 5) is 11.0. The van der Waals surface area contributed by atoms with Crippen molar-refractivity contribution in [3.63, 3.8) is 0 Å². The molecular formula is C17H22BClO5. The van der Waals surface area contributed by atoms with E-state index in [0.29, 0.717) is 21.6 Å². The number of hydrogen-bond donors (Lipinski definition) is 2.